The Morgan fingerprint density at radius 1 is 1.52 bits per heavy atom. The lowest BCUT2D eigenvalue weighted by Crippen LogP contribution is -2.41. The average molecular weight is 289 g/mol. The van der Waals surface area contributed by atoms with Gasteiger partial charge in [0.25, 0.3) is 0 Å². The molecule has 21 heavy (non-hydrogen) atoms. The number of fused-ring (bicyclic) bond motifs is 1. The fourth-order valence-electron chi connectivity index (χ4n) is 2.62. The van der Waals surface area contributed by atoms with Crippen molar-refractivity contribution in [2.75, 3.05) is 13.7 Å². The molecule has 3 heterocycles. The number of hydrogen-bond acceptors (Lipinski definition) is 5. The van der Waals surface area contributed by atoms with Gasteiger partial charge in [-0.3, -0.25) is 9.20 Å². The third-order valence-electron chi connectivity index (χ3n) is 3.83. The van der Waals surface area contributed by atoms with E-state index in [1.807, 2.05) is 35.7 Å². The molecule has 2 aromatic rings. The average Bonchev–Trinajstić information content (AvgIpc) is 3.14. The molecule has 0 saturated carbocycles. The summed E-state index contributed by atoms with van der Waals surface area (Å²) in [6.45, 7) is 2.61. The van der Waals surface area contributed by atoms with Crippen LogP contribution in [0.2, 0.25) is 0 Å². The first kappa shape index (κ1) is 14.0. The van der Waals surface area contributed by atoms with E-state index in [-0.39, 0.29) is 24.1 Å². The SMILES string of the molecule is COC1CNC(C(=O)NC(C)c2nnc3ccccn23)C1. The number of ether oxygens (including phenoxy) is 1. The zero-order valence-electron chi connectivity index (χ0n) is 12.1. The molecule has 0 bridgehead atoms. The van der Waals surface area contributed by atoms with Gasteiger partial charge in [0.05, 0.1) is 18.2 Å². The van der Waals surface area contributed by atoms with Crippen LogP contribution < -0.4 is 10.6 Å². The third-order valence-corrected chi connectivity index (χ3v) is 3.83. The zero-order chi connectivity index (χ0) is 14.8. The van der Waals surface area contributed by atoms with E-state index in [4.69, 9.17) is 4.74 Å². The summed E-state index contributed by atoms with van der Waals surface area (Å²) in [4.78, 5) is 12.3. The summed E-state index contributed by atoms with van der Waals surface area (Å²) in [7, 11) is 1.66. The van der Waals surface area contributed by atoms with Crippen molar-refractivity contribution in [3.05, 3.63) is 30.2 Å². The van der Waals surface area contributed by atoms with Gasteiger partial charge in [-0.25, -0.2) is 0 Å². The van der Waals surface area contributed by atoms with E-state index in [1.54, 1.807) is 7.11 Å². The molecule has 112 valence electrons. The maximum absolute atomic E-state index is 12.3. The monoisotopic (exact) mass is 289 g/mol. The Morgan fingerprint density at radius 2 is 2.38 bits per heavy atom. The van der Waals surface area contributed by atoms with Crippen LogP contribution in [0.1, 0.15) is 25.2 Å². The fraction of sp³-hybridized carbons (Fsp3) is 0.500. The molecule has 7 nitrogen and oxygen atoms in total. The maximum atomic E-state index is 12.3. The van der Waals surface area contributed by atoms with Crippen molar-refractivity contribution in [3.63, 3.8) is 0 Å². The minimum absolute atomic E-state index is 0.0327. The molecule has 1 amide bonds. The van der Waals surface area contributed by atoms with E-state index in [9.17, 15) is 4.79 Å². The van der Waals surface area contributed by atoms with Gasteiger partial charge in [0, 0.05) is 19.9 Å². The first-order valence-electron chi connectivity index (χ1n) is 7.05. The van der Waals surface area contributed by atoms with Crippen LogP contribution in [-0.4, -0.2) is 46.3 Å². The van der Waals surface area contributed by atoms with Crippen LogP contribution in [0.5, 0.6) is 0 Å². The smallest absolute Gasteiger partial charge is 0.237 e. The number of nitrogens with one attached hydrogen (secondary N) is 2. The van der Waals surface area contributed by atoms with Crippen LogP contribution in [0, 0.1) is 0 Å². The Hall–Kier alpha value is -1.99. The quantitative estimate of drug-likeness (QED) is 0.845. The predicted molar refractivity (Wildman–Crippen MR) is 76.7 cm³/mol. The second-order valence-corrected chi connectivity index (χ2v) is 5.27. The number of hydrogen-bond donors (Lipinski definition) is 2. The lowest BCUT2D eigenvalue weighted by atomic mass is 10.2. The van der Waals surface area contributed by atoms with E-state index in [2.05, 4.69) is 20.8 Å². The number of aromatic nitrogens is 3. The molecule has 0 radical (unpaired) electrons. The lowest BCUT2D eigenvalue weighted by Gasteiger charge is -2.16. The second-order valence-electron chi connectivity index (χ2n) is 5.27. The highest BCUT2D eigenvalue weighted by Crippen LogP contribution is 2.14. The summed E-state index contributed by atoms with van der Waals surface area (Å²) < 4.78 is 7.14. The number of pyridine rings is 1. The number of rotatable bonds is 4. The van der Waals surface area contributed by atoms with Crippen molar-refractivity contribution in [3.8, 4) is 0 Å². The molecule has 0 spiro atoms. The molecule has 7 heteroatoms. The van der Waals surface area contributed by atoms with E-state index < -0.39 is 0 Å². The third kappa shape index (κ3) is 2.74. The van der Waals surface area contributed by atoms with Gasteiger partial charge in [0.15, 0.2) is 11.5 Å². The Morgan fingerprint density at radius 3 is 3.14 bits per heavy atom. The molecule has 2 N–H and O–H groups in total. The van der Waals surface area contributed by atoms with E-state index >= 15 is 0 Å². The highest BCUT2D eigenvalue weighted by molar-refractivity contribution is 5.82. The summed E-state index contributed by atoms with van der Waals surface area (Å²) >= 11 is 0. The highest BCUT2D eigenvalue weighted by atomic mass is 16.5. The van der Waals surface area contributed by atoms with Gasteiger partial charge in [0.2, 0.25) is 5.91 Å². The molecule has 0 aliphatic carbocycles. The van der Waals surface area contributed by atoms with Gasteiger partial charge >= 0.3 is 0 Å². The Labute approximate surface area is 122 Å². The van der Waals surface area contributed by atoms with Crippen LogP contribution in [0.25, 0.3) is 5.65 Å². The molecular formula is C14H19N5O2. The van der Waals surface area contributed by atoms with Crippen molar-refractivity contribution >= 4 is 11.6 Å². The number of methoxy groups -OCH3 is 1. The van der Waals surface area contributed by atoms with Crippen molar-refractivity contribution < 1.29 is 9.53 Å². The highest BCUT2D eigenvalue weighted by Gasteiger charge is 2.30. The Balaban J connectivity index is 1.69. The normalized spacial score (nSPS) is 23.3. The van der Waals surface area contributed by atoms with Gasteiger partial charge in [-0.1, -0.05) is 6.07 Å². The topological polar surface area (TPSA) is 80.5 Å². The van der Waals surface area contributed by atoms with Crippen LogP contribution in [0.3, 0.4) is 0 Å². The van der Waals surface area contributed by atoms with Crippen molar-refractivity contribution in [2.45, 2.75) is 31.5 Å². The first-order valence-corrected chi connectivity index (χ1v) is 7.05. The second kappa shape index (κ2) is 5.79. The first-order chi connectivity index (χ1) is 10.2. The Bertz CT molecular complexity index is 641. The van der Waals surface area contributed by atoms with Gasteiger partial charge in [-0.2, -0.15) is 0 Å². The van der Waals surface area contributed by atoms with Gasteiger partial charge in [0.1, 0.15) is 0 Å². The zero-order valence-corrected chi connectivity index (χ0v) is 12.1. The molecule has 3 atom stereocenters. The minimum atomic E-state index is -0.211. The predicted octanol–water partition coefficient (Wildman–Crippen LogP) is 0.283. The molecule has 3 rings (SSSR count). The van der Waals surface area contributed by atoms with Gasteiger partial charge < -0.3 is 15.4 Å². The number of nitrogens with zero attached hydrogens (tertiary/aromatic N) is 3. The van der Waals surface area contributed by atoms with Gasteiger partial charge in [-0.15, -0.1) is 10.2 Å². The molecule has 1 fully saturated rings. The Kier molecular flexibility index (Phi) is 3.85. The standard InChI is InChI=1S/C14H19N5O2/c1-9(13-18-17-12-5-3-4-6-19(12)13)16-14(20)11-7-10(21-2)8-15-11/h3-6,9-11,15H,7-8H2,1-2H3,(H,16,20). The van der Waals surface area contributed by atoms with E-state index in [0.29, 0.717) is 13.0 Å². The summed E-state index contributed by atoms with van der Waals surface area (Å²) in [6, 6.07) is 5.28. The number of amides is 1. The number of carbonyl (C=O) groups excluding carboxylic acids is 1. The van der Waals surface area contributed by atoms with Gasteiger partial charge in [-0.05, 0) is 25.5 Å². The summed E-state index contributed by atoms with van der Waals surface area (Å²) in [6.07, 6.45) is 2.68. The molecular weight excluding hydrogens is 270 g/mol. The van der Waals surface area contributed by atoms with Crippen molar-refractivity contribution in [1.29, 1.82) is 0 Å². The van der Waals surface area contributed by atoms with Crippen molar-refractivity contribution in [1.82, 2.24) is 25.2 Å². The van der Waals surface area contributed by atoms with Crippen LogP contribution in [-0.2, 0) is 9.53 Å². The largest absolute Gasteiger partial charge is 0.380 e. The van der Waals surface area contributed by atoms with E-state index in [0.717, 1.165) is 11.5 Å². The molecule has 1 aliphatic heterocycles. The molecule has 2 aromatic heterocycles. The molecule has 1 saturated heterocycles. The van der Waals surface area contributed by atoms with Crippen LogP contribution in [0.4, 0.5) is 0 Å². The summed E-state index contributed by atoms with van der Waals surface area (Å²) in [5.74, 6) is 0.690. The maximum Gasteiger partial charge on any atom is 0.237 e. The minimum Gasteiger partial charge on any atom is -0.380 e. The molecule has 1 aliphatic rings. The van der Waals surface area contributed by atoms with Crippen LogP contribution >= 0.6 is 0 Å². The van der Waals surface area contributed by atoms with E-state index in [1.165, 1.54) is 0 Å². The summed E-state index contributed by atoms with van der Waals surface area (Å²) in [5, 5.41) is 14.4. The fourth-order valence-corrected chi connectivity index (χ4v) is 2.62. The number of carbonyl (C=O) groups is 1. The summed E-state index contributed by atoms with van der Waals surface area (Å²) in [5.41, 5.74) is 0.770. The molecule has 3 unspecified atom stereocenters. The molecule has 0 aromatic carbocycles. The van der Waals surface area contributed by atoms with Crippen molar-refractivity contribution in [2.24, 2.45) is 0 Å². The lowest BCUT2D eigenvalue weighted by molar-refractivity contribution is -0.123. The van der Waals surface area contributed by atoms with Crippen LogP contribution in [0.15, 0.2) is 24.4 Å².